The largest absolute Gasteiger partial charge is 0.294 e. The standard InChI is InChI=1S/C18H24O3S/c1-3-5-8-14-10-7-11-16-13-17(22(19,20)21)12-15(18(14)16)9-6-4-2/h7,10-13H,3-6,8-9H2,1-2H3,(H,19,20,21). The van der Waals surface area contributed by atoms with Gasteiger partial charge in [-0.15, -0.1) is 0 Å². The van der Waals surface area contributed by atoms with E-state index in [-0.39, 0.29) is 4.90 Å². The Labute approximate surface area is 133 Å². The van der Waals surface area contributed by atoms with Crippen molar-refractivity contribution in [1.82, 2.24) is 0 Å². The first-order chi connectivity index (χ1) is 10.5. The molecule has 4 heteroatoms. The van der Waals surface area contributed by atoms with Gasteiger partial charge in [-0.1, -0.05) is 44.9 Å². The molecule has 1 N–H and O–H groups in total. The normalized spacial score (nSPS) is 12.0. The van der Waals surface area contributed by atoms with Crippen molar-refractivity contribution in [3.63, 3.8) is 0 Å². The highest BCUT2D eigenvalue weighted by atomic mass is 32.2. The Balaban J connectivity index is 2.65. The predicted molar refractivity (Wildman–Crippen MR) is 91.0 cm³/mol. The van der Waals surface area contributed by atoms with Gasteiger partial charge in [-0.2, -0.15) is 8.42 Å². The minimum atomic E-state index is -4.17. The lowest BCUT2D eigenvalue weighted by atomic mass is 9.94. The van der Waals surface area contributed by atoms with E-state index in [0.29, 0.717) is 0 Å². The van der Waals surface area contributed by atoms with Crippen LogP contribution in [0.5, 0.6) is 0 Å². The van der Waals surface area contributed by atoms with Crippen molar-refractivity contribution in [3.05, 3.63) is 41.5 Å². The number of hydrogen-bond acceptors (Lipinski definition) is 2. The molecular formula is C18H24O3S. The maximum absolute atomic E-state index is 11.5. The van der Waals surface area contributed by atoms with Gasteiger partial charge in [-0.05, 0) is 59.7 Å². The molecule has 0 spiro atoms. The third-order valence-corrected chi connectivity index (χ3v) is 4.85. The molecule has 22 heavy (non-hydrogen) atoms. The van der Waals surface area contributed by atoms with E-state index in [2.05, 4.69) is 19.9 Å². The van der Waals surface area contributed by atoms with Gasteiger partial charge in [0.05, 0.1) is 4.90 Å². The van der Waals surface area contributed by atoms with Crippen molar-refractivity contribution >= 4 is 20.9 Å². The monoisotopic (exact) mass is 320 g/mol. The highest BCUT2D eigenvalue weighted by Crippen LogP contribution is 2.29. The Hall–Kier alpha value is -1.39. The molecule has 0 fully saturated rings. The van der Waals surface area contributed by atoms with Crippen molar-refractivity contribution in [1.29, 1.82) is 0 Å². The number of unbranched alkanes of at least 4 members (excludes halogenated alkanes) is 2. The van der Waals surface area contributed by atoms with E-state index in [9.17, 15) is 13.0 Å². The fourth-order valence-electron chi connectivity index (χ4n) is 2.86. The van der Waals surface area contributed by atoms with Crippen molar-refractivity contribution in [2.45, 2.75) is 57.3 Å². The summed E-state index contributed by atoms with van der Waals surface area (Å²) in [5, 5.41) is 2.06. The van der Waals surface area contributed by atoms with E-state index in [1.54, 1.807) is 12.1 Å². The van der Waals surface area contributed by atoms with Crippen LogP contribution in [0.1, 0.15) is 50.7 Å². The van der Waals surface area contributed by atoms with Crippen LogP contribution < -0.4 is 0 Å². The van der Waals surface area contributed by atoms with Gasteiger partial charge in [0.1, 0.15) is 0 Å². The summed E-state index contributed by atoms with van der Waals surface area (Å²) in [4.78, 5) is -0.00116. The van der Waals surface area contributed by atoms with E-state index in [1.807, 2.05) is 12.1 Å². The summed E-state index contributed by atoms with van der Waals surface area (Å²) in [7, 11) is -4.17. The second kappa shape index (κ2) is 7.25. The molecule has 0 aliphatic rings. The van der Waals surface area contributed by atoms with Crippen LogP contribution in [0, 0.1) is 0 Å². The summed E-state index contributed by atoms with van der Waals surface area (Å²) in [5.74, 6) is 0. The fraction of sp³-hybridized carbons (Fsp3) is 0.444. The summed E-state index contributed by atoms with van der Waals surface area (Å²) >= 11 is 0. The Bertz CT molecular complexity index is 748. The van der Waals surface area contributed by atoms with Gasteiger partial charge in [0.2, 0.25) is 0 Å². The van der Waals surface area contributed by atoms with Crippen LogP contribution in [0.2, 0.25) is 0 Å². The zero-order chi connectivity index (χ0) is 16.2. The first kappa shape index (κ1) is 17.0. The quantitative estimate of drug-likeness (QED) is 0.747. The molecule has 0 radical (unpaired) electrons. The number of aryl methyl sites for hydroxylation is 2. The van der Waals surface area contributed by atoms with Crippen LogP contribution in [-0.2, 0) is 23.0 Å². The molecule has 0 aliphatic carbocycles. The minimum Gasteiger partial charge on any atom is -0.282 e. The van der Waals surface area contributed by atoms with Gasteiger partial charge >= 0.3 is 0 Å². The van der Waals surface area contributed by atoms with Gasteiger partial charge in [0.25, 0.3) is 10.1 Å². The van der Waals surface area contributed by atoms with Crippen LogP contribution in [0.25, 0.3) is 10.8 Å². The third-order valence-electron chi connectivity index (χ3n) is 4.02. The second-order valence-electron chi connectivity index (χ2n) is 5.78. The Kier molecular flexibility index (Phi) is 5.59. The summed E-state index contributed by atoms with van der Waals surface area (Å²) in [5.41, 5.74) is 2.30. The first-order valence-electron chi connectivity index (χ1n) is 7.99. The van der Waals surface area contributed by atoms with Crippen LogP contribution in [0.3, 0.4) is 0 Å². The molecular weight excluding hydrogens is 296 g/mol. The molecule has 0 saturated heterocycles. The average Bonchev–Trinajstić information content (AvgIpc) is 2.49. The zero-order valence-corrected chi connectivity index (χ0v) is 14.1. The minimum absolute atomic E-state index is 0.00116. The molecule has 2 aromatic rings. The van der Waals surface area contributed by atoms with Gasteiger partial charge in [0, 0.05) is 0 Å². The number of rotatable bonds is 7. The SMILES string of the molecule is CCCCc1cccc2cc(S(=O)(=O)O)cc(CCCC)c12. The lowest BCUT2D eigenvalue weighted by Gasteiger charge is -2.13. The maximum Gasteiger partial charge on any atom is 0.294 e. The molecule has 0 aromatic heterocycles. The molecule has 0 saturated carbocycles. The molecule has 0 unspecified atom stereocenters. The maximum atomic E-state index is 11.5. The lowest BCUT2D eigenvalue weighted by Crippen LogP contribution is -2.01. The first-order valence-corrected chi connectivity index (χ1v) is 9.43. The molecule has 0 atom stereocenters. The van der Waals surface area contributed by atoms with Crippen molar-refractivity contribution < 1.29 is 13.0 Å². The van der Waals surface area contributed by atoms with E-state index >= 15 is 0 Å². The van der Waals surface area contributed by atoms with Crippen LogP contribution in [0.4, 0.5) is 0 Å². The molecule has 2 aromatic carbocycles. The Morgan fingerprint density at radius 2 is 1.59 bits per heavy atom. The highest BCUT2D eigenvalue weighted by molar-refractivity contribution is 7.85. The number of benzene rings is 2. The summed E-state index contributed by atoms with van der Waals surface area (Å²) < 4.78 is 32.4. The Morgan fingerprint density at radius 1 is 0.955 bits per heavy atom. The second-order valence-corrected chi connectivity index (χ2v) is 7.20. The van der Waals surface area contributed by atoms with E-state index in [0.717, 1.165) is 54.9 Å². The van der Waals surface area contributed by atoms with E-state index in [1.165, 1.54) is 5.56 Å². The topological polar surface area (TPSA) is 54.4 Å². The zero-order valence-electron chi connectivity index (χ0n) is 13.3. The molecule has 120 valence electrons. The van der Waals surface area contributed by atoms with E-state index < -0.39 is 10.1 Å². The average molecular weight is 320 g/mol. The molecule has 0 bridgehead atoms. The lowest BCUT2D eigenvalue weighted by molar-refractivity contribution is 0.483. The predicted octanol–water partition coefficient (Wildman–Crippen LogP) is 4.77. The van der Waals surface area contributed by atoms with Gasteiger partial charge in [-0.3, -0.25) is 4.55 Å². The smallest absolute Gasteiger partial charge is 0.282 e. The molecule has 0 aliphatic heterocycles. The molecule has 0 amide bonds. The molecule has 2 rings (SSSR count). The van der Waals surface area contributed by atoms with Gasteiger partial charge in [0.15, 0.2) is 0 Å². The van der Waals surface area contributed by atoms with Crippen LogP contribution in [0.15, 0.2) is 35.2 Å². The highest BCUT2D eigenvalue weighted by Gasteiger charge is 2.15. The van der Waals surface area contributed by atoms with Crippen molar-refractivity contribution in [2.24, 2.45) is 0 Å². The van der Waals surface area contributed by atoms with Gasteiger partial charge < -0.3 is 0 Å². The summed E-state index contributed by atoms with van der Waals surface area (Å²) in [6.45, 7) is 4.28. The van der Waals surface area contributed by atoms with Crippen LogP contribution in [-0.4, -0.2) is 13.0 Å². The summed E-state index contributed by atoms with van der Waals surface area (Å²) in [6.07, 6.45) is 6.13. The van der Waals surface area contributed by atoms with Crippen LogP contribution >= 0.6 is 0 Å². The molecule has 3 nitrogen and oxygen atoms in total. The van der Waals surface area contributed by atoms with Gasteiger partial charge in [-0.25, -0.2) is 0 Å². The fourth-order valence-corrected chi connectivity index (χ4v) is 3.43. The Morgan fingerprint density at radius 3 is 2.18 bits per heavy atom. The van der Waals surface area contributed by atoms with Crippen molar-refractivity contribution in [3.8, 4) is 0 Å². The van der Waals surface area contributed by atoms with Crippen molar-refractivity contribution in [2.75, 3.05) is 0 Å². The summed E-state index contributed by atoms with van der Waals surface area (Å²) in [6, 6.07) is 9.23. The third kappa shape index (κ3) is 3.87. The number of fused-ring (bicyclic) bond motifs is 1. The molecule has 0 heterocycles. The van der Waals surface area contributed by atoms with E-state index in [4.69, 9.17) is 0 Å². The number of hydrogen-bond donors (Lipinski definition) is 1.